The van der Waals surface area contributed by atoms with Crippen LogP contribution in [-0.2, 0) is 0 Å². The van der Waals surface area contributed by atoms with Gasteiger partial charge in [0, 0.05) is 12.6 Å². The summed E-state index contributed by atoms with van der Waals surface area (Å²) in [6.07, 6.45) is 3.49. The normalized spacial score (nSPS) is 15.4. The third-order valence-corrected chi connectivity index (χ3v) is 2.43. The van der Waals surface area contributed by atoms with Crippen molar-refractivity contribution in [2.24, 2.45) is 0 Å². The molecule has 2 unspecified atom stereocenters. The van der Waals surface area contributed by atoms with Crippen molar-refractivity contribution in [3.8, 4) is 0 Å². The van der Waals surface area contributed by atoms with Gasteiger partial charge < -0.3 is 14.8 Å². The van der Waals surface area contributed by atoms with Crippen molar-refractivity contribution in [1.29, 1.82) is 0 Å². The molecule has 3 heteroatoms. The van der Waals surface area contributed by atoms with Gasteiger partial charge in [0.05, 0.1) is 12.3 Å². The molecule has 0 amide bonds. The van der Waals surface area contributed by atoms with E-state index in [1.807, 2.05) is 12.1 Å². The van der Waals surface area contributed by atoms with E-state index in [0.717, 1.165) is 18.6 Å². The van der Waals surface area contributed by atoms with E-state index in [2.05, 4.69) is 19.2 Å². The molecule has 0 fully saturated rings. The van der Waals surface area contributed by atoms with Gasteiger partial charge in [-0.1, -0.05) is 6.92 Å². The molecule has 80 valence electrons. The van der Waals surface area contributed by atoms with Gasteiger partial charge in [0.2, 0.25) is 0 Å². The van der Waals surface area contributed by atoms with Crippen molar-refractivity contribution < 1.29 is 9.52 Å². The first-order valence-electron chi connectivity index (χ1n) is 5.18. The molecule has 0 spiro atoms. The minimum atomic E-state index is 0.210. The lowest BCUT2D eigenvalue weighted by Crippen LogP contribution is -2.31. The van der Waals surface area contributed by atoms with Crippen molar-refractivity contribution in [1.82, 2.24) is 5.32 Å². The highest BCUT2D eigenvalue weighted by molar-refractivity contribution is 5.03. The van der Waals surface area contributed by atoms with Crippen molar-refractivity contribution >= 4 is 0 Å². The van der Waals surface area contributed by atoms with E-state index in [4.69, 9.17) is 9.52 Å². The van der Waals surface area contributed by atoms with Crippen LogP contribution in [0.1, 0.15) is 38.5 Å². The van der Waals surface area contributed by atoms with Crippen molar-refractivity contribution in [3.05, 3.63) is 24.2 Å². The summed E-state index contributed by atoms with van der Waals surface area (Å²) in [6.45, 7) is 4.41. The highest BCUT2D eigenvalue weighted by Gasteiger charge is 2.12. The number of hydrogen-bond donors (Lipinski definition) is 2. The highest BCUT2D eigenvalue weighted by atomic mass is 16.3. The zero-order chi connectivity index (χ0) is 10.4. The maximum atomic E-state index is 8.85. The molecule has 1 aromatic rings. The minimum Gasteiger partial charge on any atom is -0.468 e. The van der Waals surface area contributed by atoms with E-state index in [9.17, 15) is 0 Å². The predicted molar refractivity (Wildman–Crippen MR) is 56.0 cm³/mol. The fourth-order valence-electron chi connectivity index (χ4n) is 1.53. The summed E-state index contributed by atoms with van der Waals surface area (Å²) < 4.78 is 5.29. The van der Waals surface area contributed by atoms with Gasteiger partial charge in [-0.05, 0) is 31.9 Å². The molecule has 1 aromatic heterocycles. The van der Waals surface area contributed by atoms with Gasteiger partial charge >= 0.3 is 0 Å². The Morgan fingerprint density at radius 1 is 1.57 bits per heavy atom. The number of aliphatic hydroxyl groups excluding tert-OH is 1. The van der Waals surface area contributed by atoms with E-state index in [-0.39, 0.29) is 12.6 Å². The summed E-state index contributed by atoms with van der Waals surface area (Å²) in [4.78, 5) is 0. The number of hydrogen-bond acceptors (Lipinski definition) is 3. The molecular weight excluding hydrogens is 178 g/mol. The molecular formula is C11H19NO2. The van der Waals surface area contributed by atoms with Gasteiger partial charge in [-0.25, -0.2) is 0 Å². The average Bonchev–Trinajstić information content (AvgIpc) is 2.69. The number of nitrogens with one attached hydrogen (secondary N) is 1. The van der Waals surface area contributed by atoms with Gasteiger partial charge in [0.1, 0.15) is 5.76 Å². The quantitative estimate of drug-likeness (QED) is 0.734. The van der Waals surface area contributed by atoms with E-state index in [1.165, 1.54) is 0 Å². The molecule has 0 saturated carbocycles. The fourth-order valence-corrected chi connectivity index (χ4v) is 1.53. The lowest BCUT2D eigenvalue weighted by molar-refractivity contribution is 0.253. The Morgan fingerprint density at radius 3 is 2.86 bits per heavy atom. The summed E-state index contributed by atoms with van der Waals surface area (Å²) in [5, 5.41) is 12.3. The Hall–Kier alpha value is -0.800. The summed E-state index contributed by atoms with van der Waals surface area (Å²) in [5.74, 6) is 0.946. The molecule has 2 N–H and O–H groups in total. The zero-order valence-corrected chi connectivity index (χ0v) is 8.86. The van der Waals surface area contributed by atoms with Crippen LogP contribution in [-0.4, -0.2) is 17.8 Å². The van der Waals surface area contributed by atoms with Crippen LogP contribution in [0, 0.1) is 0 Å². The topological polar surface area (TPSA) is 45.4 Å². The van der Waals surface area contributed by atoms with Gasteiger partial charge in [-0.3, -0.25) is 0 Å². The van der Waals surface area contributed by atoms with Crippen molar-refractivity contribution in [2.75, 3.05) is 6.61 Å². The summed E-state index contributed by atoms with van der Waals surface area (Å²) in [6, 6.07) is 4.42. The Labute approximate surface area is 85.1 Å². The molecule has 1 heterocycles. The van der Waals surface area contributed by atoms with E-state index in [0.29, 0.717) is 6.04 Å². The van der Waals surface area contributed by atoms with Gasteiger partial charge in [0.15, 0.2) is 0 Å². The van der Waals surface area contributed by atoms with Crippen LogP contribution < -0.4 is 5.32 Å². The van der Waals surface area contributed by atoms with Crippen molar-refractivity contribution in [2.45, 2.75) is 38.8 Å². The predicted octanol–water partition coefficient (Wildman–Crippen LogP) is 2.09. The van der Waals surface area contributed by atoms with Crippen LogP contribution in [0.5, 0.6) is 0 Å². The monoisotopic (exact) mass is 197 g/mol. The largest absolute Gasteiger partial charge is 0.468 e. The SMILES string of the molecule is CCC(CCO)NC(C)c1ccco1. The third kappa shape index (κ3) is 3.16. The summed E-state index contributed by atoms with van der Waals surface area (Å²) in [7, 11) is 0. The van der Waals surface area contributed by atoms with Crippen LogP contribution >= 0.6 is 0 Å². The lowest BCUT2D eigenvalue weighted by atomic mass is 10.1. The number of aliphatic hydroxyl groups is 1. The molecule has 3 nitrogen and oxygen atoms in total. The Kier molecular flexibility index (Phi) is 4.70. The first kappa shape index (κ1) is 11.3. The molecule has 0 radical (unpaired) electrons. The summed E-state index contributed by atoms with van der Waals surface area (Å²) in [5.41, 5.74) is 0. The van der Waals surface area contributed by atoms with Gasteiger partial charge in [-0.2, -0.15) is 0 Å². The lowest BCUT2D eigenvalue weighted by Gasteiger charge is -2.20. The smallest absolute Gasteiger partial charge is 0.120 e. The van der Waals surface area contributed by atoms with Crippen molar-refractivity contribution in [3.63, 3.8) is 0 Å². The van der Waals surface area contributed by atoms with Crippen LogP contribution in [0.4, 0.5) is 0 Å². The van der Waals surface area contributed by atoms with Crippen LogP contribution in [0.25, 0.3) is 0 Å². The number of furan rings is 1. The molecule has 0 aliphatic heterocycles. The highest BCUT2D eigenvalue weighted by Crippen LogP contribution is 2.14. The first-order chi connectivity index (χ1) is 6.77. The van der Waals surface area contributed by atoms with Crippen LogP contribution in [0.3, 0.4) is 0 Å². The molecule has 0 saturated heterocycles. The first-order valence-corrected chi connectivity index (χ1v) is 5.18. The Morgan fingerprint density at radius 2 is 2.36 bits per heavy atom. The van der Waals surface area contributed by atoms with E-state index >= 15 is 0 Å². The molecule has 1 rings (SSSR count). The Balaban J connectivity index is 2.42. The zero-order valence-electron chi connectivity index (χ0n) is 8.86. The van der Waals surface area contributed by atoms with E-state index < -0.39 is 0 Å². The summed E-state index contributed by atoms with van der Waals surface area (Å²) >= 11 is 0. The molecule has 14 heavy (non-hydrogen) atoms. The van der Waals surface area contributed by atoms with Crippen LogP contribution in [0.15, 0.2) is 22.8 Å². The molecule has 0 aliphatic rings. The average molecular weight is 197 g/mol. The second-order valence-corrected chi connectivity index (χ2v) is 3.52. The van der Waals surface area contributed by atoms with E-state index in [1.54, 1.807) is 6.26 Å². The second kappa shape index (κ2) is 5.83. The minimum absolute atomic E-state index is 0.210. The second-order valence-electron chi connectivity index (χ2n) is 3.52. The molecule has 0 bridgehead atoms. The van der Waals surface area contributed by atoms with Crippen LogP contribution in [0.2, 0.25) is 0 Å². The molecule has 2 atom stereocenters. The standard InChI is InChI=1S/C11H19NO2/c1-3-10(6-7-13)12-9(2)11-5-4-8-14-11/h4-5,8-10,12-13H,3,6-7H2,1-2H3. The Bertz CT molecular complexity index is 233. The fraction of sp³-hybridized carbons (Fsp3) is 0.636. The van der Waals surface area contributed by atoms with Gasteiger partial charge in [0.25, 0.3) is 0 Å². The maximum Gasteiger partial charge on any atom is 0.120 e. The molecule has 0 aromatic carbocycles. The molecule has 0 aliphatic carbocycles. The van der Waals surface area contributed by atoms with Gasteiger partial charge in [-0.15, -0.1) is 0 Å². The maximum absolute atomic E-state index is 8.85. The number of rotatable bonds is 6. The third-order valence-electron chi connectivity index (χ3n) is 2.43.